The summed E-state index contributed by atoms with van der Waals surface area (Å²) in [5.74, 6) is 0.310. The Kier molecular flexibility index (Phi) is 4.45. The minimum atomic E-state index is 0.170. The van der Waals surface area contributed by atoms with Crippen molar-refractivity contribution in [2.24, 2.45) is 0 Å². The third-order valence-electron chi connectivity index (χ3n) is 3.25. The summed E-state index contributed by atoms with van der Waals surface area (Å²) in [7, 11) is 0. The number of hydrogen-bond acceptors (Lipinski definition) is 2. The SMILES string of the molecule is CCCc1ccc(NC(C)c2cccc(O)c2)cc1. The molecule has 0 fully saturated rings. The van der Waals surface area contributed by atoms with Gasteiger partial charge in [0.25, 0.3) is 0 Å². The average molecular weight is 255 g/mol. The third kappa shape index (κ3) is 3.75. The van der Waals surface area contributed by atoms with Gasteiger partial charge >= 0.3 is 0 Å². The highest BCUT2D eigenvalue weighted by Crippen LogP contribution is 2.22. The molecule has 0 saturated carbocycles. The Labute approximate surface area is 115 Å². The Bertz CT molecular complexity index is 519. The molecule has 2 heteroatoms. The molecule has 0 amide bonds. The maximum absolute atomic E-state index is 9.50. The van der Waals surface area contributed by atoms with Crippen molar-refractivity contribution in [3.8, 4) is 5.75 Å². The van der Waals surface area contributed by atoms with Crippen LogP contribution in [0.25, 0.3) is 0 Å². The highest BCUT2D eigenvalue weighted by atomic mass is 16.3. The van der Waals surface area contributed by atoms with Crippen LogP contribution in [0.1, 0.15) is 37.4 Å². The summed E-state index contributed by atoms with van der Waals surface area (Å²) in [6.07, 6.45) is 2.30. The molecule has 0 aromatic heterocycles. The van der Waals surface area contributed by atoms with Crippen LogP contribution in [-0.4, -0.2) is 5.11 Å². The maximum atomic E-state index is 9.50. The van der Waals surface area contributed by atoms with E-state index in [0.29, 0.717) is 5.75 Å². The normalized spacial score (nSPS) is 12.1. The Morgan fingerprint density at radius 3 is 2.47 bits per heavy atom. The van der Waals surface area contributed by atoms with E-state index in [1.54, 1.807) is 12.1 Å². The zero-order valence-electron chi connectivity index (χ0n) is 11.6. The van der Waals surface area contributed by atoms with E-state index in [9.17, 15) is 5.11 Å². The number of aromatic hydroxyl groups is 1. The second kappa shape index (κ2) is 6.28. The Morgan fingerprint density at radius 1 is 1.11 bits per heavy atom. The van der Waals surface area contributed by atoms with Crippen molar-refractivity contribution in [1.82, 2.24) is 0 Å². The summed E-state index contributed by atoms with van der Waals surface area (Å²) in [5, 5.41) is 12.9. The zero-order chi connectivity index (χ0) is 13.7. The second-order valence-electron chi connectivity index (χ2n) is 4.91. The molecule has 1 atom stereocenters. The van der Waals surface area contributed by atoms with Crippen LogP contribution in [0, 0.1) is 0 Å². The minimum absolute atomic E-state index is 0.170. The second-order valence-corrected chi connectivity index (χ2v) is 4.91. The van der Waals surface area contributed by atoms with Gasteiger partial charge in [-0.2, -0.15) is 0 Å². The van der Waals surface area contributed by atoms with E-state index in [1.807, 2.05) is 12.1 Å². The van der Waals surface area contributed by atoms with Crippen molar-refractivity contribution >= 4 is 5.69 Å². The van der Waals surface area contributed by atoms with Crippen LogP contribution in [0.15, 0.2) is 48.5 Å². The summed E-state index contributed by atoms with van der Waals surface area (Å²) < 4.78 is 0. The van der Waals surface area contributed by atoms with Crippen LogP contribution < -0.4 is 5.32 Å². The van der Waals surface area contributed by atoms with E-state index in [1.165, 1.54) is 12.0 Å². The molecule has 2 nitrogen and oxygen atoms in total. The van der Waals surface area contributed by atoms with Gasteiger partial charge in [-0.1, -0.05) is 37.6 Å². The molecular formula is C17H21NO. The fraction of sp³-hybridized carbons (Fsp3) is 0.294. The first-order valence-corrected chi connectivity index (χ1v) is 6.83. The molecule has 2 aromatic rings. The lowest BCUT2D eigenvalue weighted by Gasteiger charge is -2.16. The van der Waals surface area contributed by atoms with Gasteiger partial charge in [0, 0.05) is 11.7 Å². The number of phenols is 1. The van der Waals surface area contributed by atoms with Crippen molar-refractivity contribution in [3.05, 3.63) is 59.7 Å². The lowest BCUT2D eigenvalue weighted by atomic mass is 10.1. The number of anilines is 1. The van der Waals surface area contributed by atoms with Gasteiger partial charge in [-0.25, -0.2) is 0 Å². The van der Waals surface area contributed by atoms with Crippen LogP contribution in [0.5, 0.6) is 5.75 Å². The number of hydrogen-bond donors (Lipinski definition) is 2. The summed E-state index contributed by atoms with van der Waals surface area (Å²) >= 11 is 0. The zero-order valence-corrected chi connectivity index (χ0v) is 11.6. The molecule has 2 N–H and O–H groups in total. The van der Waals surface area contributed by atoms with E-state index in [4.69, 9.17) is 0 Å². The van der Waals surface area contributed by atoms with Crippen molar-refractivity contribution in [1.29, 1.82) is 0 Å². The molecule has 2 aromatic carbocycles. The van der Waals surface area contributed by atoms with Gasteiger partial charge < -0.3 is 10.4 Å². The highest BCUT2D eigenvalue weighted by molar-refractivity contribution is 5.47. The predicted molar refractivity (Wildman–Crippen MR) is 80.6 cm³/mol. The van der Waals surface area contributed by atoms with E-state index < -0.39 is 0 Å². The minimum Gasteiger partial charge on any atom is -0.508 e. The molecule has 0 aliphatic heterocycles. The lowest BCUT2D eigenvalue weighted by Crippen LogP contribution is -2.06. The summed E-state index contributed by atoms with van der Waals surface area (Å²) in [5.41, 5.74) is 3.56. The van der Waals surface area contributed by atoms with Crippen LogP contribution in [-0.2, 0) is 6.42 Å². The summed E-state index contributed by atoms with van der Waals surface area (Å²) in [4.78, 5) is 0. The number of aryl methyl sites for hydroxylation is 1. The largest absolute Gasteiger partial charge is 0.508 e. The van der Waals surface area contributed by atoms with E-state index in [0.717, 1.165) is 17.7 Å². The molecule has 0 saturated heterocycles. The monoisotopic (exact) mass is 255 g/mol. The van der Waals surface area contributed by atoms with Crippen LogP contribution in [0.3, 0.4) is 0 Å². The molecule has 0 spiro atoms. The standard InChI is InChI=1S/C17H21NO/c1-3-5-14-8-10-16(11-9-14)18-13(2)15-6-4-7-17(19)12-15/h4,6-13,18-19H,3,5H2,1-2H3. The first kappa shape index (κ1) is 13.5. The smallest absolute Gasteiger partial charge is 0.115 e. The maximum Gasteiger partial charge on any atom is 0.115 e. The molecule has 0 radical (unpaired) electrons. The predicted octanol–water partition coefficient (Wildman–Crippen LogP) is 4.52. The quantitative estimate of drug-likeness (QED) is 0.823. The van der Waals surface area contributed by atoms with Crippen molar-refractivity contribution < 1.29 is 5.11 Å². The Morgan fingerprint density at radius 2 is 1.84 bits per heavy atom. The fourth-order valence-electron chi connectivity index (χ4n) is 2.18. The van der Waals surface area contributed by atoms with Gasteiger partial charge in [-0.05, 0) is 48.7 Å². The molecule has 2 rings (SSSR count). The third-order valence-corrected chi connectivity index (χ3v) is 3.25. The molecule has 100 valence electrons. The molecule has 1 unspecified atom stereocenters. The van der Waals surface area contributed by atoms with Gasteiger partial charge in [0.1, 0.15) is 5.75 Å². The van der Waals surface area contributed by atoms with Gasteiger partial charge in [-0.15, -0.1) is 0 Å². The lowest BCUT2D eigenvalue weighted by molar-refractivity contribution is 0.474. The highest BCUT2D eigenvalue weighted by Gasteiger charge is 2.05. The van der Waals surface area contributed by atoms with Crippen molar-refractivity contribution in [2.45, 2.75) is 32.7 Å². The van der Waals surface area contributed by atoms with Gasteiger partial charge in [0.15, 0.2) is 0 Å². The first-order chi connectivity index (χ1) is 9.19. The summed E-state index contributed by atoms with van der Waals surface area (Å²) in [6, 6.07) is 16.1. The number of phenolic OH excluding ortho intramolecular Hbond substituents is 1. The first-order valence-electron chi connectivity index (χ1n) is 6.83. The van der Waals surface area contributed by atoms with E-state index in [2.05, 4.69) is 43.4 Å². The number of rotatable bonds is 5. The molecule has 19 heavy (non-hydrogen) atoms. The molecule has 0 bridgehead atoms. The van der Waals surface area contributed by atoms with Crippen molar-refractivity contribution in [3.63, 3.8) is 0 Å². The Hall–Kier alpha value is -1.96. The van der Waals surface area contributed by atoms with E-state index in [-0.39, 0.29) is 6.04 Å². The van der Waals surface area contributed by atoms with Gasteiger partial charge in [0.2, 0.25) is 0 Å². The van der Waals surface area contributed by atoms with Crippen molar-refractivity contribution in [2.75, 3.05) is 5.32 Å². The van der Waals surface area contributed by atoms with Gasteiger partial charge in [-0.3, -0.25) is 0 Å². The van der Waals surface area contributed by atoms with Gasteiger partial charge in [0.05, 0.1) is 0 Å². The molecular weight excluding hydrogens is 234 g/mol. The topological polar surface area (TPSA) is 32.3 Å². The van der Waals surface area contributed by atoms with Crippen LogP contribution >= 0.6 is 0 Å². The number of nitrogens with one attached hydrogen (secondary N) is 1. The molecule has 0 heterocycles. The van der Waals surface area contributed by atoms with E-state index >= 15 is 0 Å². The Balaban J connectivity index is 2.04. The molecule has 0 aliphatic rings. The van der Waals surface area contributed by atoms with Crippen LogP contribution in [0.2, 0.25) is 0 Å². The number of benzene rings is 2. The fourth-order valence-corrected chi connectivity index (χ4v) is 2.18. The molecule has 0 aliphatic carbocycles. The summed E-state index contributed by atoms with van der Waals surface area (Å²) in [6.45, 7) is 4.28. The average Bonchev–Trinajstić information content (AvgIpc) is 2.41. The van der Waals surface area contributed by atoms with Crippen LogP contribution in [0.4, 0.5) is 5.69 Å².